The van der Waals surface area contributed by atoms with E-state index in [0.29, 0.717) is 11.5 Å². The highest BCUT2D eigenvalue weighted by molar-refractivity contribution is 6.00. The lowest BCUT2D eigenvalue weighted by molar-refractivity contribution is -0.384. The summed E-state index contributed by atoms with van der Waals surface area (Å²) in [4.78, 5) is 22.1. The van der Waals surface area contributed by atoms with Crippen LogP contribution in [0.4, 0.5) is 22.0 Å². The van der Waals surface area contributed by atoms with Crippen LogP contribution in [-0.4, -0.2) is 27.8 Å². The van der Waals surface area contributed by atoms with Gasteiger partial charge in [0.15, 0.2) is 5.82 Å². The van der Waals surface area contributed by atoms with Gasteiger partial charge in [-0.3, -0.25) is 20.1 Å². The lowest BCUT2D eigenvalue weighted by Crippen LogP contribution is -2.20. The minimum Gasteiger partial charge on any atom is -0.494 e. The second-order valence-electron chi connectivity index (χ2n) is 4.52. The molecule has 2 rings (SSSR count). The largest absolute Gasteiger partial charge is 0.494 e. The van der Waals surface area contributed by atoms with Crippen molar-refractivity contribution in [3.05, 3.63) is 40.1 Å². The van der Waals surface area contributed by atoms with Gasteiger partial charge in [0, 0.05) is 24.9 Å². The molecule has 0 unspecified atom stereocenters. The number of benzene rings is 1. The van der Waals surface area contributed by atoms with Gasteiger partial charge in [-0.2, -0.15) is 5.10 Å². The van der Waals surface area contributed by atoms with Crippen molar-refractivity contribution in [3.8, 4) is 5.75 Å². The number of rotatable bonds is 4. The monoisotopic (exact) mass is 305 g/mol. The highest BCUT2D eigenvalue weighted by Gasteiger charge is 2.14. The van der Waals surface area contributed by atoms with E-state index in [2.05, 4.69) is 15.7 Å². The quantitative estimate of drug-likeness (QED) is 0.665. The summed E-state index contributed by atoms with van der Waals surface area (Å²) in [6, 6.07) is 5.11. The summed E-state index contributed by atoms with van der Waals surface area (Å²) < 4.78 is 6.67. The first kappa shape index (κ1) is 15.3. The van der Waals surface area contributed by atoms with Crippen molar-refractivity contribution in [1.29, 1.82) is 0 Å². The van der Waals surface area contributed by atoms with Crippen molar-refractivity contribution in [1.82, 2.24) is 9.78 Å². The number of hydrogen-bond acceptors (Lipinski definition) is 5. The van der Waals surface area contributed by atoms with Crippen LogP contribution < -0.4 is 15.4 Å². The fourth-order valence-electron chi connectivity index (χ4n) is 1.79. The number of non-ortho nitro benzene ring substituents is 1. The van der Waals surface area contributed by atoms with Crippen LogP contribution >= 0.6 is 0 Å². The smallest absolute Gasteiger partial charge is 0.325 e. The van der Waals surface area contributed by atoms with Crippen molar-refractivity contribution in [3.63, 3.8) is 0 Å². The molecule has 0 aliphatic heterocycles. The van der Waals surface area contributed by atoms with E-state index in [1.807, 2.05) is 6.92 Å². The molecule has 1 aromatic heterocycles. The van der Waals surface area contributed by atoms with Gasteiger partial charge < -0.3 is 10.1 Å². The Morgan fingerprint density at radius 3 is 2.64 bits per heavy atom. The van der Waals surface area contributed by atoms with Gasteiger partial charge in [0.05, 0.1) is 23.8 Å². The molecule has 2 aromatic rings. The highest BCUT2D eigenvalue weighted by Crippen LogP contribution is 2.29. The van der Waals surface area contributed by atoms with Gasteiger partial charge in [-0.05, 0) is 13.0 Å². The predicted molar refractivity (Wildman–Crippen MR) is 80.2 cm³/mol. The summed E-state index contributed by atoms with van der Waals surface area (Å²) in [5.74, 6) is 0.597. The van der Waals surface area contributed by atoms with E-state index in [4.69, 9.17) is 4.74 Å². The maximum Gasteiger partial charge on any atom is 0.325 e. The predicted octanol–water partition coefficient (Wildman–Crippen LogP) is 2.29. The number of urea groups is 1. The average molecular weight is 305 g/mol. The van der Waals surface area contributed by atoms with Crippen molar-refractivity contribution in [2.24, 2.45) is 7.05 Å². The molecule has 0 atom stereocenters. The molecule has 0 saturated carbocycles. The van der Waals surface area contributed by atoms with Gasteiger partial charge >= 0.3 is 6.03 Å². The number of ether oxygens (including phenoxy) is 1. The van der Waals surface area contributed by atoms with Crippen molar-refractivity contribution >= 4 is 23.2 Å². The molecular weight excluding hydrogens is 290 g/mol. The second-order valence-corrected chi connectivity index (χ2v) is 4.52. The molecule has 1 heterocycles. The maximum absolute atomic E-state index is 11.9. The molecule has 9 heteroatoms. The van der Waals surface area contributed by atoms with Crippen LogP contribution in [0.5, 0.6) is 5.75 Å². The minimum atomic E-state index is -0.539. The van der Waals surface area contributed by atoms with Crippen LogP contribution in [-0.2, 0) is 7.05 Å². The zero-order chi connectivity index (χ0) is 16.3. The van der Waals surface area contributed by atoms with Gasteiger partial charge in [-0.15, -0.1) is 0 Å². The number of nitrogens with zero attached hydrogens (tertiary/aromatic N) is 3. The Labute approximate surface area is 126 Å². The number of aryl methyl sites for hydroxylation is 2. The maximum atomic E-state index is 11.9. The third kappa shape index (κ3) is 3.32. The molecule has 22 heavy (non-hydrogen) atoms. The number of nitro groups is 1. The van der Waals surface area contributed by atoms with E-state index in [1.54, 1.807) is 17.8 Å². The van der Waals surface area contributed by atoms with Crippen molar-refractivity contribution in [2.45, 2.75) is 6.92 Å². The summed E-state index contributed by atoms with van der Waals surface area (Å²) in [5.41, 5.74) is 1.09. The first-order valence-electron chi connectivity index (χ1n) is 6.32. The molecule has 0 radical (unpaired) electrons. The van der Waals surface area contributed by atoms with E-state index >= 15 is 0 Å². The van der Waals surface area contributed by atoms with Gasteiger partial charge in [0.2, 0.25) is 0 Å². The lowest BCUT2D eigenvalue weighted by Gasteiger charge is -2.10. The Bertz CT molecular complexity index is 706. The van der Waals surface area contributed by atoms with Crippen LogP contribution in [0.15, 0.2) is 24.3 Å². The number of carbonyl (C=O) groups is 1. The standard InChI is InChI=1S/C13H15N5O4/c1-8-6-12(16-17(8)2)15-13(19)14-10-5-4-9(18(20)21)7-11(10)22-3/h4-7H,1-3H3,(H2,14,15,16,19). The van der Waals surface area contributed by atoms with Gasteiger partial charge in [-0.1, -0.05) is 0 Å². The number of anilines is 2. The summed E-state index contributed by atoms with van der Waals surface area (Å²) in [6.45, 7) is 1.86. The zero-order valence-electron chi connectivity index (χ0n) is 12.3. The van der Waals surface area contributed by atoms with Gasteiger partial charge in [0.1, 0.15) is 5.75 Å². The molecule has 0 bridgehead atoms. The van der Waals surface area contributed by atoms with E-state index in [1.165, 1.54) is 25.3 Å². The molecule has 0 spiro atoms. The molecule has 2 N–H and O–H groups in total. The molecule has 1 aromatic carbocycles. The van der Waals surface area contributed by atoms with Crippen molar-refractivity contribution < 1.29 is 14.5 Å². The SMILES string of the molecule is COc1cc([N+](=O)[O-])ccc1NC(=O)Nc1cc(C)n(C)n1. The van der Waals surface area contributed by atoms with Gasteiger partial charge in [-0.25, -0.2) is 4.79 Å². The van der Waals surface area contributed by atoms with Crippen LogP contribution in [0, 0.1) is 17.0 Å². The number of nitro benzene ring substituents is 1. The van der Waals surface area contributed by atoms with Crippen LogP contribution in [0.25, 0.3) is 0 Å². The molecule has 0 saturated heterocycles. The number of nitrogens with one attached hydrogen (secondary N) is 2. The fourth-order valence-corrected chi connectivity index (χ4v) is 1.79. The second kappa shape index (κ2) is 6.12. The summed E-state index contributed by atoms with van der Waals surface area (Å²) in [5, 5.41) is 19.9. The summed E-state index contributed by atoms with van der Waals surface area (Å²) >= 11 is 0. The Kier molecular flexibility index (Phi) is 4.25. The molecule has 116 valence electrons. The first-order chi connectivity index (χ1) is 10.4. The fraction of sp³-hybridized carbons (Fsp3) is 0.231. The van der Waals surface area contributed by atoms with E-state index in [9.17, 15) is 14.9 Å². The molecule has 9 nitrogen and oxygen atoms in total. The Hall–Kier alpha value is -3.10. The first-order valence-corrected chi connectivity index (χ1v) is 6.32. The summed E-state index contributed by atoms with van der Waals surface area (Å²) in [6.07, 6.45) is 0. The van der Waals surface area contributed by atoms with E-state index < -0.39 is 11.0 Å². The molecule has 0 aliphatic rings. The van der Waals surface area contributed by atoms with Crippen LogP contribution in [0.3, 0.4) is 0 Å². The number of hydrogen-bond donors (Lipinski definition) is 2. The highest BCUT2D eigenvalue weighted by atomic mass is 16.6. The number of methoxy groups -OCH3 is 1. The third-order valence-electron chi connectivity index (χ3n) is 3.00. The number of carbonyl (C=O) groups excluding carboxylic acids is 1. The third-order valence-corrected chi connectivity index (χ3v) is 3.00. The Morgan fingerprint density at radius 2 is 2.09 bits per heavy atom. The molecule has 0 aliphatic carbocycles. The van der Waals surface area contributed by atoms with E-state index in [-0.39, 0.29) is 11.4 Å². The van der Waals surface area contributed by atoms with E-state index in [0.717, 1.165) is 5.69 Å². The molecule has 2 amide bonds. The van der Waals surface area contributed by atoms with Gasteiger partial charge in [0.25, 0.3) is 5.69 Å². The average Bonchev–Trinajstić information content (AvgIpc) is 2.77. The summed E-state index contributed by atoms with van der Waals surface area (Å²) in [7, 11) is 3.13. The number of amides is 2. The van der Waals surface area contributed by atoms with Crippen molar-refractivity contribution in [2.75, 3.05) is 17.7 Å². The Morgan fingerprint density at radius 1 is 1.36 bits per heavy atom. The van der Waals surface area contributed by atoms with Crippen LogP contribution in [0.2, 0.25) is 0 Å². The zero-order valence-corrected chi connectivity index (χ0v) is 12.3. The molecular formula is C13H15N5O4. The topological polar surface area (TPSA) is 111 Å². The molecule has 0 fully saturated rings. The van der Waals surface area contributed by atoms with Crippen LogP contribution in [0.1, 0.15) is 5.69 Å². The Balaban J connectivity index is 2.12. The lowest BCUT2D eigenvalue weighted by atomic mass is 10.2. The minimum absolute atomic E-state index is 0.122. The normalized spacial score (nSPS) is 10.1. The number of aromatic nitrogens is 2.